The topological polar surface area (TPSA) is 43.4 Å². The highest BCUT2D eigenvalue weighted by atomic mass is 16.5. The summed E-state index contributed by atoms with van der Waals surface area (Å²) in [6.45, 7) is 4.05. The molecule has 14 heavy (non-hydrogen) atoms. The second-order valence-corrected chi connectivity index (χ2v) is 4.61. The van der Waals surface area contributed by atoms with Crippen LogP contribution in [0.2, 0.25) is 0 Å². The van der Waals surface area contributed by atoms with E-state index in [1.807, 2.05) is 6.92 Å². The Bertz CT molecular complexity index is 284. The van der Waals surface area contributed by atoms with Crippen molar-refractivity contribution in [2.24, 2.45) is 29.6 Å². The first-order valence-corrected chi connectivity index (χ1v) is 5.19. The van der Waals surface area contributed by atoms with Crippen LogP contribution in [0, 0.1) is 29.6 Å². The van der Waals surface area contributed by atoms with Crippen molar-refractivity contribution < 1.29 is 14.3 Å². The molecule has 0 amide bonds. The minimum Gasteiger partial charge on any atom is -0.469 e. The Hall–Kier alpha value is -0.860. The summed E-state index contributed by atoms with van der Waals surface area (Å²) in [5.41, 5.74) is 0. The molecule has 0 radical (unpaired) electrons. The highest BCUT2D eigenvalue weighted by Gasteiger charge is 2.57. The summed E-state index contributed by atoms with van der Waals surface area (Å²) in [7, 11) is 1.40. The van der Waals surface area contributed by atoms with Crippen LogP contribution in [0.15, 0.2) is 0 Å². The molecule has 0 unspecified atom stereocenters. The molecule has 2 saturated carbocycles. The van der Waals surface area contributed by atoms with E-state index in [2.05, 4.69) is 6.92 Å². The number of ketones is 1. The number of rotatable bonds is 1. The maximum Gasteiger partial charge on any atom is 0.309 e. The van der Waals surface area contributed by atoms with Gasteiger partial charge in [-0.15, -0.1) is 0 Å². The summed E-state index contributed by atoms with van der Waals surface area (Å²) < 4.78 is 4.75. The average molecular weight is 196 g/mol. The van der Waals surface area contributed by atoms with Gasteiger partial charge in [0.25, 0.3) is 0 Å². The summed E-state index contributed by atoms with van der Waals surface area (Å²) in [5, 5.41) is 0. The fourth-order valence-corrected chi connectivity index (χ4v) is 3.30. The molecule has 0 aliphatic heterocycles. The lowest BCUT2D eigenvalue weighted by molar-refractivity contribution is -0.152. The van der Waals surface area contributed by atoms with E-state index in [0.29, 0.717) is 11.8 Å². The molecule has 0 heterocycles. The van der Waals surface area contributed by atoms with E-state index in [9.17, 15) is 9.59 Å². The van der Waals surface area contributed by atoms with Gasteiger partial charge in [0.1, 0.15) is 5.78 Å². The average Bonchev–Trinajstić information content (AvgIpc) is 2.64. The first-order valence-electron chi connectivity index (χ1n) is 5.19. The summed E-state index contributed by atoms with van der Waals surface area (Å²) in [4.78, 5) is 23.2. The molecule has 0 aromatic heterocycles. The third-order valence-corrected chi connectivity index (χ3v) is 4.13. The van der Waals surface area contributed by atoms with Gasteiger partial charge in [-0.1, -0.05) is 13.8 Å². The molecule has 0 aromatic carbocycles. The summed E-state index contributed by atoms with van der Waals surface area (Å²) in [6, 6.07) is 0. The lowest BCUT2D eigenvalue weighted by atomic mass is 9.75. The van der Waals surface area contributed by atoms with Crippen LogP contribution in [0.25, 0.3) is 0 Å². The number of carbonyl (C=O) groups is 2. The normalized spacial score (nSPS) is 45.6. The second-order valence-electron chi connectivity index (χ2n) is 4.61. The van der Waals surface area contributed by atoms with Crippen molar-refractivity contribution in [1.82, 2.24) is 0 Å². The largest absolute Gasteiger partial charge is 0.469 e. The van der Waals surface area contributed by atoms with Gasteiger partial charge in [-0.05, 0) is 18.3 Å². The molecule has 2 aliphatic rings. The smallest absolute Gasteiger partial charge is 0.309 e. The monoisotopic (exact) mass is 196 g/mol. The van der Waals surface area contributed by atoms with E-state index < -0.39 is 0 Å². The number of hydrogen-bond acceptors (Lipinski definition) is 3. The number of fused-ring (bicyclic) bond motifs is 2. The third kappa shape index (κ3) is 1.04. The number of hydrogen-bond donors (Lipinski definition) is 0. The molecule has 5 atom stereocenters. The Balaban J connectivity index is 2.24. The molecule has 2 aliphatic carbocycles. The van der Waals surface area contributed by atoms with Crippen LogP contribution in [-0.2, 0) is 14.3 Å². The number of carbonyl (C=O) groups excluding carboxylic acids is 2. The Labute approximate surface area is 83.8 Å². The van der Waals surface area contributed by atoms with Gasteiger partial charge in [-0.3, -0.25) is 9.59 Å². The van der Waals surface area contributed by atoms with Gasteiger partial charge in [0, 0.05) is 11.8 Å². The van der Waals surface area contributed by atoms with Crippen LogP contribution in [0.3, 0.4) is 0 Å². The molecule has 0 saturated heterocycles. The number of Topliss-reactive ketones (excluding diaryl/α,β-unsaturated/α-hetero) is 1. The molecule has 3 heteroatoms. The van der Waals surface area contributed by atoms with E-state index in [1.165, 1.54) is 7.11 Å². The first kappa shape index (κ1) is 9.69. The Morgan fingerprint density at radius 3 is 2.57 bits per heavy atom. The van der Waals surface area contributed by atoms with Gasteiger partial charge in [0.15, 0.2) is 0 Å². The van der Waals surface area contributed by atoms with Crippen molar-refractivity contribution in [3.63, 3.8) is 0 Å². The molecule has 3 nitrogen and oxygen atoms in total. The van der Waals surface area contributed by atoms with E-state index in [1.54, 1.807) is 0 Å². The van der Waals surface area contributed by atoms with Crippen molar-refractivity contribution in [3.05, 3.63) is 0 Å². The van der Waals surface area contributed by atoms with Gasteiger partial charge in [0.2, 0.25) is 0 Å². The van der Waals surface area contributed by atoms with Crippen molar-refractivity contribution in [3.8, 4) is 0 Å². The molecule has 2 bridgehead atoms. The zero-order valence-electron chi connectivity index (χ0n) is 8.82. The van der Waals surface area contributed by atoms with Crippen molar-refractivity contribution in [2.75, 3.05) is 7.11 Å². The molecule has 2 fully saturated rings. The van der Waals surface area contributed by atoms with Gasteiger partial charge in [0.05, 0.1) is 13.0 Å². The highest BCUT2D eigenvalue weighted by Crippen LogP contribution is 2.53. The first-order chi connectivity index (χ1) is 6.57. The van der Waals surface area contributed by atoms with E-state index in [4.69, 9.17) is 4.74 Å². The minimum atomic E-state index is -0.203. The Morgan fingerprint density at radius 1 is 1.43 bits per heavy atom. The van der Waals surface area contributed by atoms with Crippen LogP contribution < -0.4 is 0 Å². The lowest BCUT2D eigenvalue weighted by Crippen LogP contribution is -2.37. The van der Waals surface area contributed by atoms with E-state index in [0.717, 1.165) is 6.42 Å². The van der Waals surface area contributed by atoms with Crippen LogP contribution >= 0.6 is 0 Å². The SMILES string of the molecule is COC(=O)[C@H]1[C@@H](C)[C@H]2C[C@@H]1C(=O)[C@@H]2C. The predicted molar refractivity (Wildman–Crippen MR) is 50.4 cm³/mol. The Morgan fingerprint density at radius 2 is 2.07 bits per heavy atom. The molecule has 78 valence electrons. The van der Waals surface area contributed by atoms with Crippen molar-refractivity contribution >= 4 is 11.8 Å². The number of esters is 1. The molecular formula is C11H16O3. The zero-order chi connectivity index (χ0) is 10.5. The fourth-order valence-electron chi connectivity index (χ4n) is 3.30. The molecule has 0 aromatic rings. The zero-order valence-corrected chi connectivity index (χ0v) is 8.82. The van der Waals surface area contributed by atoms with Crippen LogP contribution in [0.5, 0.6) is 0 Å². The number of methoxy groups -OCH3 is 1. The molecular weight excluding hydrogens is 180 g/mol. The summed E-state index contributed by atoms with van der Waals surface area (Å²) in [5.74, 6) is 0.688. The highest BCUT2D eigenvalue weighted by molar-refractivity contribution is 5.92. The van der Waals surface area contributed by atoms with Gasteiger partial charge >= 0.3 is 5.97 Å². The van der Waals surface area contributed by atoms with Crippen LogP contribution in [0.4, 0.5) is 0 Å². The second kappa shape index (κ2) is 3.07. The third-order valence-electron chi connectivity index (χ3n) is 4.13. The van der Waals surface area contributed by atoms with Crippen molar-refractivity contribution in [1.29, 1.82) is 0 Å². The van der Waals surface area contributed by atoms with Gasteiger partial charge in [-0.2, -0.15) is 0 Å². The summed E-state index contributed by atoms with van der Waals surface area (Å²) >= 11 is 0. The maximum absolute atomic E-state index is 11.7. The summed E-state index contributed by atoms with van der Waals surface area (Å²) in [6.07, 6.45) is 0.890. The molecule has 0 N–H and O–H groups in total. The standard InChI is InChI=1S/C11H16O3/c1-5-7-4-8(10(12)6(7)2)9(5)11(13)14-3/h5-9H,4H2,1-3H3/t5-,6+,7+,8-,9-/m0/s1. The van der Waals surface area contributed by atoms with Crippen LogP contribution in [-0.4, -0.2) is 18.9 Å². The number of ether oxygens (including phenoxy) is 1. The lowest BCUT2D eigenvalue weighted by Gasteiger charge is -2.28. The predicted octanol–water partition coefficient (Wildman–Crippen LogP) is 1.27. The van der Waals surface area contributed by atoms with Crippen molar-refractivity contribution in [2.45, 2.75) is 20.3 Å². The van der Waals surface area contributed by atoms with Gasteiger partial charge in [-0.25, -0.2) is 0 Å². The quantitative estimate of drug-likeness (QED) is 0.593. The van der Waals surface area contributed by atoms with Crippen LogP contribution in [0.1, 0.15) is 20.3 Å². The molecule has 2 rings (SSSR count). The van der Waals surface area contributed by atoms with E-state index in [-0.39, 0.29) is 29.5 Å². The maximum atomic E-state index is 11.7. The fraction of sp³-hybridized carbons (Fsp3) is 0.818. The van der Waals surface area contributed by atoms with E-state index >= 15 is 0 Å². The molecule has 0 spiro atoms. The Kier molecular flexibility index (Phi) is 2.13. The minimum absolute atomic E-state index is 0.0579. The van der Waals surface area contributed by atoms with Gasteiger partial charge < -0.3 is 4.74 Å².